The molecule has 116 valence electrons. The highest BCUT2D eigenvalue weighted by Gasteiger charge is 2.50. The molecule has 0 spiro atoms. The van der Waals surface area contributed by atoms with Crippen molar-refractivity contribution in [2.45, 2.75) is 83.1 Å². The Morgan fingerprint density at radius 1 is 1.30 bits per heavy atom. The lowest BCUT2D eigenvalue weighted by atomic mass is 9.91. The van der Waals surface area contributed by atoms with Crippen LogP contribution in [0, 0.1) is 0 Å². The van der Waals surface area contributed by atoms with Gasteiger partial charge in [0, 0.05) is 12.1 Å². The fraction of sp³-hybridized carbons (Fsp3) is 0.933. The van der Waals surface area contributed by atoms with Gasteiger partial charge in [0.05, 0.1) is 17.7 Å². The molecule has 1 atom stereocenters. The SMILES string of the molecule is CC1(C)CC(N(CC(N)=NO)C2CCCC2)C(C)(C)O1. The summed E-state index contributed by atoms with van der Waals surface area (Å²) in [5, 5.41) is 12.1. The van der Waals surface area contributed by atoms with E-state index in [1.807, 2.05) is 0 Å². The van der Waals surface area contributed by atoms with Crippen molar-refractivity contribution in [3.05, 3.63) is 0 Å². The maximum atomic E-state index is 8.91. The number of ether oxygens (including phenoxy) is 1. The van der Waals surface area contributed by atoms with Crippen LogP contribution in [-0.4, -0.2) is 45.8 Å². The first-order valence-corrected chi connectivity index (χ1v) is 7.67. The van der Waals surface area contributed by atoms with Crippen LogP contribution in [0.3, 0.4) is 0 Å². The summed E-state index contributed by atoms with van der Waals surface area (Å²) in [6.45, 7) is 9.12. The number of nitrogens with zero attached hydrogens (tertiary/aromatic N) is 2. The smallest absolute Gasteiger partial charge is 0.153 e. The zero-order valence-corrected chi connectivity index (χ0v) is 13.2. The van der Waals surface area contributed by atoms with Crippen molar-refractivity contribution in [3.63, 3.8) is 0 Å². The van der Waals surface area contributed by atoms with Gasteiger partial charge < -0.3 is 15.7 Å². The Balaban J connectivity index is 2.21. The molecular weight excluding hydrogens is 254 g/mol. The summed E-state index contributed by atoms with van der Waals surface area (Å²) in [7, 11) is 0. The van der Waals surface area contributed by atoms with Gasteiger partial charge in [-0.05, 0) is 47.0 Å². The molecule has 1 saturated heterocycles. The third-order valence-corrected chi connectivity index (χ3v) is 4.69. The van der Waals surface area contributed by atoms with Crippen molar-refractivity contribution < 1.29 is 9.94 Å². The van der Waals surface area contributed by atoms with E-state index in [0.717, 1.165) is 6.42 Å². The summed E-state index contributed by atoms with van der Waals surface area (Å²) in [6, 6.07) is 0.831. The lowest BCUT2D eigenvalue weighted by molar-refractivity contribution is -0.0826. The predicted molar refractivity (Wildman–Crippen MR) is 80.0 cm³/mol. The lowest BCUT2D eigenvalue weighted by Crippen LogP contribution is -2.53. The first-order valence-electron chi connectivity index (χ1n) is 7.67. The molecular formula is C15H29N3O2. The van der Waals surface area contributed by atoms with Gasteiger partial charge >= 0.3 is 0 Å². The van der Waals surface area contributed by atoms with E-state index in [1.54, 1.807) is 0 Å². The normalized spacial score (nSPS) is 30.2. The van der Waals surface area contributed by atoms with Gasteiger partial charge in [-0.1, -0.05) is 18.0 Å². The van der Waals surface area contributed by atoms with E-state index in [2.05, 4.69) is 37.8 Å². The molecule has 1 aliphatic carbocycles. The Morgan fingerprint density at radius 2 is 1.90 bits per heavy atom. The van der Waals surface area contributed by atoms with E-state index in [-0.39, 0.29) is 17.0 Å². The second-order valence-electron chi connectivity index (χ2n) is 7.39. The Labute approximate surface area is 122 Å². The highest BCUT2D eigenvalue weighted by Crippen LogP contribution is 2.42. The Hall–Kier alpha value is -0.810. The molecule has 1 heterocycles. The second-order valence-corrected chi connectivity index (χ2v) is 7.39. The molecule has 20 heavy (non-hydrogen) atoms. The van der Waals surface area contributed by atoms with Gasteiger partial charge in [0.2, 0.25) is 0 Å². The molecule has 0 aromatic heterocycles. The molecule has 2 aliphatic rings. The Kier molecular flexibility index (Phi) is 4.30. The van der Waals surface area contributed by atoms with Crippen molar-refractivity contribution in [1.29, 1.82) is 0 Å². The summed E-state index contributed by atoms with van der Waals surface area (Å²) in [5.74, 6) is 0.289. The highest BCUT2D eigenvalue weighted by atomic mass is 16.5. The zero-order chi connectivity index (χ0) is 15.0. The maximum Gasteiger partial charge on any atom is 0.153 e. The number of oxime groups is 1. The van der Waals surface area contributed by atoms with Gasteiger partial charge in [-0.2, -0.15) is 0 Å². The van der Waals surface area contributed by atoms with Gasteiger partial charge in [-0.3, -0.25) is 4.90 Å². The highest BCUT2D eigenvalue weighted by molar-refractivity contribution is 5.81. The molecule has 3 N–H and O–H groups in total. The van der Waals surface area contributed by atoms with Crippen molar-refractivity contribution >= 4 is 5.84 Å². The zero-order valence-electron chi connectivity index (χ0n) is 13.2. The Bertz CT molecular complexity index is 373. The average Bonchev–Trinajstić information content (AvgIpc) is 2.91. The summed E-state index contributed by atoms with van der Waals surface area (Å²) in [5.41, 5.74) is 5.46. The second kappa shape index (κ2) is 5.53. The maximum absolute atomic E-state index is 8.91. The molecule has 0 radical (unpaired) electrons. The molecule has 1 unspecified atom stereocenters. The molecule has 0 aromatic carbocycles. The summed E-state index contributed by atoms with van der Waals surface area (Å²) >= 11 is 0. The van der Waals surface area contributed by atoms with Crippen molar-refractivity contribution in [3.8, 4) is 0 Å². The lowest BCUT2D eigenvalue weighted by Gasteiger charge is -2.39. The van der Waals surface area contributed by atoms with E-state index in [9.17, 15) is 0 Å². The van der Waals surface area contributed by atoms with E-state index < -0.39 is 0 Å². The molecule has 0 amide bonds. The van der Waals surface area contributed by atoms with Crippen LogP contribution in [0.25, 0.3) is 0 Å². The minimum Gasteiger partial charge on any atom is -0.409 e. The largest absolute Gasteiger partial charge is 0.409 e. The molecule has 5 heteroatoms. The number of hydrogen-bond acceptors (Lipinski definition) is 4. The van der Waals surface area contributed by atoms with Crippen molar-refractivity contribution in [1.82, 2.24) is 4.90 Å². The quantitative estimate of drug-likeness (QED) is 0.359. The van der Waals surface area contributed by atoms with Gasteiger partial charge in [0.25, 0.3) is 0 Å². The van der Waals surface area contributed by atoms with Gasteiger partial charge in [0.1, 0.15) is 0 Å². The Morgan fingerprint density at radius 3 is 2.35 bits per heavy atom. The number of nitrogens with two attached hydrogens (primary N) is 1. The molecule has 5 nitrogen and oxygen atoms in total. The first kappa shape index (κ1) is 15.6. The van der Waals surface area contributed by atoms with Crippen LogP contribution in [0.2, 0.25) is 0 Å². The summed E-state index contributed by atoms with van der Waals surface area (Å²) in [4.78, 5) is 2.41. The van der Waals surface area contributed by atoms with Crippen LogP contribution in [0.4, 0.5) is 0 Å². The van der Waals surface area contributed by atoms with E-state index in [0.29, 0.717) is 18.6 Å². The third kappa shape index (κ3) is 3.26. The van der Waals surface area contributed by atoms with Gasteiger partial charge in [-0.25, -0.2) is 0 Å². The fourth-order valence-electron chi connectivity index (χ4n) is 4.00. The minimum atomic E-state index is -0.207. The fourth-order valence-corrected chi connectivity index (χ4v) is 4.00. The number of amidine groups is 1. The third-order valence-electron chi connectivity index (χ3n) is 4.69. The predicted octanol–water partition coefficient (Wildman–Crippen LogP) is 2.32. The monoisotopic (exact) mass is 283 g/mol. The van der Waals surface area contributed by atoms with Crippen LogP contribution in [0.15, 0.2) is 5.16 Å². The molecule has 0 aromatic rings. The van der Waals surface area contributed by atoms with E-state index in [4.69, 9.17) is 15.7 Å². The first-order chi connectivity index (χ1) is 9.25. The number of hydrogen-bond donors (Lipinski definition) is 2. The number of rotatable bonds is 4. The molecule has 2 rings (SSSR count). The van der Waals surface area contributed by atoms with Crippen LogP contribution in [0.5, 0.6) is 0 Å². The van der Waals surface area contributed by atoms with E-state index in [1.165, 1.54) is 25.7 Å². The summed E-state index contributed by atoms with van der Waals surface area (Å²) in [6.07, 6.45) is 5.93. The van der Waals surface area contributed by atoms with Crippen molar-refractivity contribution in [2.75, 3.05) is 6.54 Å². The van der Waals surface area contributed by atoms with Crippen LogP contribution in [-0.2, 0) is 4.74 Å². The minimum absolute atomic E-state index is 0.115. The molecule has 1 aliphatic heterocycles. The van der Waals surface area contributed by atoms with Crippen molar-refractivity contribution in [2.24, 2.45) is 10.9 Å². The van der Waals surface area contributed by atoms with Gasteiger partial charge in [-0.15, -0.1) is 0 Å². The average molecular weight is 283 g/mol. The summed E-state index contributed by atoms with van der Waals surface area (Å²) < 4.78 is 6.22. The molecule has 0 bridgehead atoms. The van der Waals surface area contributed by atoms with E-state index >= 15 is 0 Å². The van der Waals surface area contributed by atoms with Crippen LogP contribution in [0.1, 0.15) is 59.8 Å². The van der Waals surface area contributed by atoms with Gasteiger partial charge in [0.15, 0.2) is 5.84 Å². The molecule has 2 fully saturated rings. The van der Waals surface area contributed by atoms with Crippen LogP contribution >= 0.6 is 0 Å². The van der Waals surface area contributed by atoms with Crippen LogP contribution < -0.4 is 5.73 Å². The topological polar surface area (TPSA) is 71.1 Å². The molecule has 1 saturated carbocycles. The standard InChI is InChI=1S/C15H29N3O2/c1-14(2)9-12(15(3,4)20-14)18(10-13(16)17-19)11-7-5-6-8-11/h11-12,19H,5-10H2,1-4H3,(H2,16,17).